The van der Waals surface area contributed by atoms with E-state index in [0.717, 1.165) is 38.6 Å². The summed E-state index contributed by atoms with van der Waals surface area (Å²) in [7, 11) is 0. The van der Waals surface area contributed by atoms with E-state index in [9.17, 15) is 9.59 Å². The summed E-state index contributed by atoms with van der Waals surface area (Å²) in [5.41, 5.74) is 0. The largest absolute Gasteiger partial charge is 0.353 e. The molecule has 0 aromatic rings. The van der Waals surface area contributed by atoms with Gasteiger partial charge in [0, 0.05) is 32.7 Å². The molecule has 1 unspecified atom stereocenters. The molecular formula is C14H26N4O2. The van der Waals surface area contributed by atoms with Gasteiger partial charge >= 0.3 is 0 Å². The van der Waals surface area contributed by atoms with Crippen LogP contribution in [-0.4, -0.2) is 73.5 Å². The van der Waals surface area contributed by atoms with Gasteiger partial charge in [-0.3, -0.25) is 19.8 Å². The van der Waals surface area contributed by atoms with Crippen LogP contribution in [0.3, 0.4) is 0 Å². The first-order valence-electron chi connectivity index (χ1n) is 7.57. The number of rotatable bonds is 4. The van der Waals surface area contributed by atoms with Gasteiger partial charge in [-0.15, -0.1) is 0 Å². The summed E-state index contributed by atoms with van der Waals surface area (Å²) in [6.45, 7) is 9.75. The third-order valence-corrected chi connectivity index (χ3v) is 4.02. The Morgan fingerprint density at radius 3 is 2.55 bits per heavy atom. The van der Waals surface area contributed by atoms with Crippen LogP contribution in [0.4, 0.5) is 0 Å². The molecule has 2 fully saturated rings. The lowest BCUT2D eigenvalue weighted by atomic mass is 10.1. The minimum Gasteiger partial charge on any atom is -0.353 e. The summed E-state index contributed by atoms with van der Waals surface area (Å²) >= 11 is 0. The minimum atomic E-state index is -0.255. The zero-order valence-electron chi connectivity index (χ0n) is 12.5. The molecule has 0 aromatic heterocycles. The van der Waals surface area contributed by atoms with Crippen LogP contribution in [0.5, 0.6) is 0 Å². The maximum absolute atomic E-state index is 12.3. The van der Waals surface area contributed by atoms with E-state index < -0.39 is 0 Å². The Morgan fingerprint density at radius 2 is 2.00 bits per heavy atom. The van der Waals surface area contributed by atoms with E-state index in [4.69, 9.17) is 0 Å². The third kappa shape index (κ3) is 4.18. The van der Waals surface area contributed by atoms with Crippen molar-refractivity contribution in [1.82, 2.24) is 20.4 Å². The Balaban J connectivity index is 1.73. The summed E-state index contributed by atoms with van der Waals surface area (Å²) in [4.78, 5) is 27.7. The fourth-order valence-corrected chi connectivity index (χ4v) is 2.59. The molecule has 6 heteroatoms. The van der Waals surface area contributed by atoms with Gasteiger partial charge in [-0.1, -0.05) is 13.8 Å². The lowest BCUT2D eigenvalue weighted by molar-refractivity contribution is -0.136. The second-order valence-corrected chi connectivity index (χ2v) is 6.09. The van der Waals surface area contributed by atoms with Crippen LogP contribution >= 0.6 is 0 Å². The predicted octanol–water partition coefficient (Wildman–Crippen LogP) is -0.735. The molecule has 2 N–H and O–H groups in total. The van der Waals surface area contributed by atoms with Gasteiger partial charge in [0.2, 0.25) is 11.8 Å². The number of amides is 2. The fraction of sp³-hybridized carbons (Fsp3) is 0.857. The molecule has 2 heterocycles. The summed E-state index contributed by atoms with van der Waals surface area (Å²) in [6.07, 6.45) is 1.21. The van der Waals surface area contributed by atoms with Gasteiger partial charge in [-0.05, 0) is 18.9 Å². The first-order chi connectivity index (χ1) is 9.56. The second-order valence-electron chi connectivity index (χ2n) is 6.09. The van der Waals surface area contributed by atoms with E-state index in [0.29, 0.717) is 6.54 Å². The molecule has 2 rings (SSSR count). The maximum atomic E-state index is 12.3. The molecule has 0 radical (unpaired) electrons. The maximum Gasteiger partial charge on any atom is 0.241 e. The van der Waals surface area contributed by atoms with Crippen molar-refractivity contribution in [3.63, 3.8) is 0 Å². The van der Waals surface area contributed by atoms with Gasteiger partial charge in [0.25, 0.3) is 0 Å². The van der Waals surface area contributed by atoms with E-state index in [1.165, 1.54) is 6.42 Å². The molecule has 20 heavy (non-hydrogen) atoms. The fourth-order valence-electron chi connectivity index (χ4n) is 2.59. The van der Waals surface area contributed by atoms with Gasteiger partial charge < -0.3 is 10.2 Å². The van der Waals surface area contributed by atoms with Gasteiger partial charge in [0.05, 0.1) is 6.54 Å². The first-order valence-corrected chi connectivity index (χ1v) is 7.57. The highest BCUT2D eigenvalue weighted by Gasteiger charge is 2.29. The minimum absolute atomic E-state index is 0.0347. The van der Waals surface area contributed by atoms with Crippen molar-refractivity contribution in [2.24, 2.45) is 5.92 Å². The Labute approximate surface area is 120 Å². The molecular weight excluding hydrogens is 256 g/mol. The van der Waals surface area contributed by atoms with Crippen molar-refractivity contribution in [2.45, 2.75) is 26.3 Å². The van der Waals surface area contributed by atoms with Crippen LogP contribution in [-0.2, 0) is 9.59 Å². The molecule has 2 amide bonds. The van der Waals surface area contributed by atoms with Crippen molar-refractivity contribution in [2.75, 3.05) is 45.8 Å². The molecule has 0 aliphatic carbocycles. The number of carbonyl (C=O) groups excluding carboxylic acids is 2. The summed E-state index contributed by atoms with van der Waals surface area (Å²) < 4.78 is 0. The molecule has 0 bridgehead atoms. The Morgan fingerprint density at radius 1 is 1.30 bits per heavy atom. The zero-order valence-corrected chi connectivity index (χ0v) is 12.5. The van der Waals surface area contributed by atoms with E-state index in [-0.39, 0.29) is 24.4 Å². The highest BCUT2D eigenvalue weighted by atomic mass is 16.2. The van der Waals surface area contributed by atoms with E-state index in [1.54, 1.807) is 0 Å². The number of nitrogens with one attached hydrogen (secondary N) is 2. The van der Waals surface area contributed by atoms with Crippen LogP contribution < -0.4 is 10.6 Å². The molecule has 2 aliphatic rings. The average molecular weight is 282 g/mol. The Bertz CT molecular complexity index is 341. The number of carbonyl (C=O) groups is 2. The van der Waals surface area contributed by atoms with Crippen molar-refractivity contribution in [3.05, 3.63) is 0 Å². The number of hydrogen-bond acceptors (Lipinski definition) is 4. The standard InChI is InChI=1S/C14H26N4O2/c1-11(2)3-4-17-5-7-18(8-6-17)14(20)12-9-16-13(19)10-15-12/h11-12,15H,3-10H2,1-2H3,(H,16,19). The Hall–Kier alpha value is -1.14. The van der Waals surface area contributed by atoms with Crippen molar-refractivity contribution in [1.29, 1.82) is 0 Å². The topological polar surface area (TPSA) is 64.7 Å². The molecule has 6 nitrogen and oxygen atoms in total. The van der Waals surface area contributed by atoms with Crippen LogP contribution in [0.15, 0.2) is 0 Å². The summed E-state index contributed by atoms with van der Waals surface area (Å²) in [5, 5.41) is 5.73. The van der Waals surface area contributed by atoms with Crippen LogP contribution in [0.25, 0.3) is 0 Å². The molecule has 0 saturated carbocycles. The van der Waals surface area contributed by atoms with Gasteiger partial charge in [0.15, 0.2) is 0 Å². The SMILES string of the molecule is CC(C)CCN1CCN(C(=O)C2CNC(=O)CN2)CC1. The summed E-state index contributed by atoms with van der Waals surface area (Å²) in [5.74, 6) is 0.811. The number of nitrogens with zero attached hydrogens (tertiary/aromatic N) is 2. The smallest absolute Gasteiger partial charge is 0.241 e. The van der Waals surface area contributed by atoms with E-state index >= 15 is 0 Å². The van der Waals surface area contributed by atoms with Crippen LogP contribution in [0.2, 0.25) is 0 Å². The molecule has 1 atom stereocenters. The molecule has 2 saturated heterocycles. The number of piperazine rings is 2. The molecule has 0 aromatic carbocycles. The average Bonchev–Trinajstić information content (AvgIpc) is 2.46. The van der Waals surface area contributed by atoms with Crippen molar-refractivity contribution >= 4 is 11.8 Å². The quantitative estimate of drug-likeness (QED) is 0.713. The first kappa shape index (κ1) is 15.3. The van der Waals surface area contributed by atoms with E-state index in [1.807, 2.05) is 4.90 Å². The summed E-state index contributed by atoms with van der Waals surface area (Å²) in [6, 6.07) is -0.255. The molecule has 114 valence electrons. The monoisotopic (exact) mass is 282 g/mol. The van der Waals surface area contributed by atoms with Gasteiger partial charge in [0.1, 0.15) is 6.04 Å². The predicted molar refractivity (Wildman–Crippen MR) is 77.3 cm³/mol. The Kier molecular flexibility index (Phi) is 5.37. The third-order valence-electron chi connectivity index (χ3n) is 4.02. The highest BCUT2D eigenvalue weighted by Crippen LogP contribution is 2.08. The zero-order chi connectivity index (χ0) is 14.5. The molecule has 2 aliphatic heterocycles. The highest BCUT2D eigenvalue weighted by molar-refractivity contribution is 5.86. The normalized spacial score (nSPS) is 24.9. The van der Waals surface area contributed by atoms with E-state index in [2.05, 4.69) is 29.4 Å². The number of hydrogen-bond donors (Lipinski definition) is 2. The van der Waals surface area contributed by atoms with Crippen LogP contribution in [0.1, 0.15) is 20.3 Å². The lowest BCUT2D eigenvalue weighted by Crippen LogP contribution is -2.61. The van der Waals surface area contributed by atoms with Crippen molar-refractivity contribution in [3.8, 4) is 0 Å². The molecule has 0 spiro atoms. The lowest BCUT2D eigenvalue weighted by Gasteiger charge is -2.37. The van der Waals surface area contributed by atoms with Gasteiger partial charge in [-0.25, -0.2) is 0 Å². The second kappa shape index (κ2) is 7.04. The van der Waals surface area contributed by atoms with Crippen LogP contribution in [0, 0.1) is 5.92 Å². The van der Waals surface area contributed by atoms with Gasteiger partial charge in [-0.2, -0.15) is 0 Å². The van der Waals surface area contributed by atoms with Crippen molar-refractivity contribution < 1.29 is 9.59 Å².